The molecule has 2 unspecified atom stereocenters. The summed E-state index contributed by atoms with van der Waals surface area (Å²) in [6, 6.07) is 18.4. The molecule has 2 aromatic carbocycles. The summed E-state index contributed by atoms with van der Waals surface area (Å²) >= 11 is 0. The fourth-order valence-corrected chi connectivity index (χ4v) is 4.09. The average molecular weight is 334 g/mol. The minimum Gasteiger partial charge on any atom is -0.465 e. The van der Waals surface area contributed by atoms with E-state index >= 15 is 0 Å². The average Bonchev–Trinajstić information content (AvgIpc) is 3.14. The standard InChI is InChI=1S/C21H22N2O2/c1-15-7-5-6-10-18(15)20-19-14-22(11-16-8-3-2-4-9-16)12-17(19)13-23(20)21(24)25/h2-10,14,17,20H,11-13H2,1H3,(H,24,25). The quantitative estimate of drug-likeness (QED) is 0.921. The molecule has 0 radical (unpaired) electrons. The molecular formula is C21H22N2O2. The Hall–Kier alpha value is -2.75. The van der Waals surface area contributed by atoms with E-state index in [1.165, 1.54) is 11.1 Å². The smallest absolute Gasteiger partial charge is 0.408 e. The van der Waals surface area contributed by atoms with Gasteiger partial charge in [-0.3, -0.25) is 4.90 Å². The van der Waals surface area contributed by atoms with Crippen molar-refractivity contribution in [1.29, 1.82) is 0 Å². The molecule has 2 heterocycles. The number of carboxylic acid groups (broad SMARTS) is 1. The zero-order valence-electron chi connectivity index (χ0n) is 14.3. The molecule has 1 saturated heterocycles. The van der Waals surface area contributed by atoms with Gasteiger partial charge in [-0.1, -0.05) is 54.6 Å². The van der Waals surface area contributed by atoms with Gasteiger partial charge in [0.1, 0.15) is 0 Å². The van der Waals surface area contributed by atoms with Crippen molar-refractivity contribution in [1.82, 2.24) is 9.80 Å². The molecule has 0 aliphatic carbocycles. The highest BCUT2D eigenvalue weighted by atomic mass is 16.4. The maximum Gasteiger partial charge on any atom is 0.408 e. The number of hydrogen-bond acceptors (Lipinski definition) is 2. The molecule has 4 heteroatoms. The molecule has 1 amide bonds. The van der Waals surface area contributed by atoms with Gasteiger partial charge in [-0.05, 0) is 29.2 Å². The Balaban J connectivity index is 1.65. The third-order valence-electron chi connectivity index (χ3n) is 5.26. The topological polar surface area (TPSA) is 43.8 Å². The van der Waals surface area contributed by atoms with Crippen LogP contribution in [0, 0.1) is 12.8 Å². The van der Waals surface area contributed by atoms with Crippen LogP contribution in [0.15, 0.2) is 66.4 Å². The van der Waals surface area contributed by atoms with Crippen molar-refractivity contribution in [2.24, 2.45) is 5.92 Å². The largest absolute Gasteiger partial charge is 0.465 e. The molecule has 128 valence electrons. The third-order valence-corrected chi connectivity index (χ3v) is 5.26. The number of amides is 1. The van der Waals surface area contributed by atoms with Gasteiger partial charge < -0.3 is 10.0 Å². The van der Waals surface area contributed by atoms with E-state index in [1.54, 1.807) is 4.90 Å². The van der Waals surface area contributed by atoms with Crippen LogP contribution < -0.4 is 0 Å². The number of fused-ring (bicyclic) bond motifs is 1. The van der Waals surface area contributed by atoms with Gasteiger partial charge >= 0.3 is 6.09 Å². The highest BCUT2D eigenvalue weighted by Gasteiger charge is 2.44. The molecular weight excluding hydrogens is 312 g/mol. The number of hydrogen-bond donors (Lipinski definition) is 1. The summed E-state index contributed by atoms with van der Waals surface area (Å²) in [6.45, 7) is 4.39. The molecule has 0 bridgehead atoms. The molecule has 4 rings (SSSR count). The third kappa shape index (κ3) is 2.88. The fourth-order valence-electron chi connectivity index (χ4n) is 4.09. The van der Waals surface area contributed by atoms with Gasteiger partial charge in [0.25, 0.3) is 0 Å². The zero-order valence-corrected chi connectivity index (χ0v) is 14.3. The number of aryl methyl sites for hydroxylation is 1. The fraction of sp³-hybridized carbons (Fsp3) is 0.286. The molecule has 2 aliphatic heterocycles. The van der Waals surface area contributed by atoms with Crippen LogP contribution in [0.2, 0.25) is 0 Å². The molecule has 2 atom stereocenters. The maximum atomic E-state index is 11.8. The summed E-state index contributed by atoms with van der Waals surface area (Å²) in [5, 5.41) is 9.68. The van der Waals surface area contributed by atoms with E-state index in [2.05, 4.69) is 54.4 Å². The van der Waals surface area contributed by atoms with Gasteiger partial charge in [-0.15, -0.1) is 0 Å². The second-order valence-electron chi connectivity index (χ2n) is 6.94. The van der Waals surface area contributed by atoms with Crippen molar-refractivity contribution in [2.45, 2.75) is 19.5 Å². The molecule has 1 fully saturated rings. The Morgan fingerprint density at radius 2 is 1.80 bits per heavy atom. The second-order valence-corrected chi connectivity index (χ2v) is 6.94. The molecule has 0 spiro atoms. The van der Waals surface area contributed by atoms with E-state index < -0.39 is 6.09 Å². The summed E-state index contributed by atoms with van der Waals surface area (Å²) in [6.07, 6.45) is 1.36. The first kappa shape index (κ1) is 15.8. The highest BCUT2D eigenvalue weighted by molar-refractivity contribution is 5.68. The minimum absolute atomic E-state index is 0.163. The van der Waals surface area contributed by atoms with Crippen LogP contribution in [0.3, 0.4) is 0 Å². The molecule has 1 N–H and O–H groups in total. The lowest BCUT2D eigenvalue weighted by Crippen LogP contribution is -2.32. The molecule has 2 aromatic rings. The summed E-state index contributed by atoms with van der Waals surface area (Å²) in [5.41, 5.74) is 4.75. The van der Waals surface area contributed by atoms with E-state index in [9.17, 15) is 9.90 Å². The van der Waals surface area contributed by atoms with Crippen molar-refractivity contribution in [2.75, 3.05) is 13.1 Å². The van der Waals surface area contributed by atoms with Gasteiger partial charge in [-0.25, -0.2) is 4.79 Å². The van der Waals surface area contributed by atoms with E-state index in [4.69, 9.17) is 0 Å². The van der Waals surface area contributed by atoms with Crippen LogP contribution in [0.5, 0.6) is 0 Å². The minimum atomic E-state index is -0.835. The predicted molar refractivity (Wildman–Crippen MR) is 97.1 cm³/mol. The summed E-state index contributed by atoms with van der Waals surface area (Å²) in [4.78, 5) is 15.7. The van der Waals surface area contributed by atoms with E-state index in [1.807, 2.05) is 18.2 Å². The molecule has 4 nitrogen and oxygen atoms in total. The zero-order chi connectivity index (χ0) is 17.4. The van der Waals surface area contributed by atoms with Gasteiger partial charge in [0.2, 0.25) is 0 Å². The Morgan fingerprint density at radius 1 is 1.08 bits per heavy atom. The number of likely N-dealkylation sites (tertiary alicyclic amines) is 1. The monoisotopic (exact) mass is 334 g/mol. The SMILES string of the molecule is Cc1ccccc1C1C2=CN(Cc3ccccc3)CC2CN1C(=O)O. The first-order valence-electron chi connectivity index (χ1n) is 8.68. The summed E-state index contributed by atoms with van der Waals surface area (Å²) < 4.78 is 0. The van der Waals surface area contributed by atoms with Gasteiger partial charge in [0, 0.05) is 31.8 Å². The lowest BCUT2D eigenvalue weighted by molar-refractivity contribution is 0.139. The molecule has 0 saturated carbocycles. The van der Waals surface area contributed by atoms with Crippen molar-refractivity contribution < 1.29 is 9.90 Å². The van der Waals surface area contributed by atoms with Crippen LogP contribution in [0.4, 0.5) is 4.79 Å². The lowest BCUT2D eigenvalue weighted by Gasteiger charge is -2.25. The Labute approximate surface area is 148 Å². The lowest BCUT2D eigenvalue weighted by atomic mass is 9.93. The van der Waals surface area contributed by atoms with Crippen molar-refractivity contribution >= 4 is 6.09 Å². The van der Waals surface area contributed by atoms with E-state index in [-0.39, 0.29) is 12.0 Å². The first-order valence-corrected chi connectivity index (χ1v) is 8.68. The van der Waals surface area contributed by atoms with Crippen LogP contribution in [-0.2, 0) is 6.54 Å². The van der Waals surface area contributed by atoms with Crippen LogP contribution in [0.1, 0.15) is 22.7 Å². The number of carbonyl (C=O) groups is 1. The van der Waals surface area contributed by atoms with E-state index in [0.717, 1.165) is 24.2 Å². The molecule has 2 aliphatic rings. The number of nitrogens with zero attached hydrogens (tertiary/aromatic N) is 2. The maximum absolute atomic E-state index is 11.8. The summed E-state index contributed by atoms with van der Waals surface area (Å²) in [7, 11) is 0. The number of benzene rings is 2. The van der Waals surface area contributed by atoms with Gasteiger partial charge in [0.05, 0.1) is 6.04 Å². The van der Waals surface area contributed by atoms with Crippen LogP contribution >= 0.6 is 0 Å². The van der Waals surface area contributed by atoms with Crippen LogP contribution in [0.25, 0.3) is 0 Å². The first-order chi connectivity index (χ1) is 12.1. The predicted octanol–water partition coefficient (Wildman–Crippen LogP) is 4.05. The Kier molecular flexibility index (Phi) is 3.96. The van der Waals surface area contributed by atoms with Crippen LogP contribution in [-0.4, -0.2) is 34.1 Å². The van der Waals surface area contributed by atoms with Crippen molar-refractivity contribution in [3.8, 4) is 0 Å². The Bertz CT molecular complexity index is 816. The van der Waals surface area contributed by atoms with Gasteiger partial charge in [-0.2, -0.15) is 0 Å². The van der Waals surface area contributed by atoms with Crippen molar-refractivity contribution in [3.05, 3.63) is 83.1 Å². The second kappa shape index (κ2) is 6.28. The Morgan fingerprint density at radius 3 is 2.52 bits per heavy atom. The number of rotatable bonds is 3. The highest BCUT2D eigenvalue weighted by Crippen LogP contribution is 2.44. The van der Waals surface area contributed by atoms with Crippen molar-refractivity contribution in [3.63, 3.8) is 0 Å². The molecule has 0 aromatic heterocycles. The molecule has 25 heavy (non-hydrogen) atoms. The van der Waals surface area contributed by atoms with Gasteiger partial charge in [0.15, 0.2) is 0 Å². The summed E-state index contributed by atoms with van der Waals surface area (Å²) in [5.74, 6) is 0.282. The normalized spacial score (nSPS) is 22.0. The van der Waals surface area contributed by atoms with E-state index in [0.29, 0.717) is 6.54 Å².